The molecule has 4 heteroatoms. The van der Waals surface area contributed by atoms with E-state index in [1.165, 1.54) is 0 Å². The summed E-state index contributed by atoms with van der Waals surface area (Å²) in [5.41, 5.74) is 1.16. The summed E-state index contributed by atoms with van der Waals surface area (Å²) in [5.74, 6) is 0.911. The largest absolute Gasteiger partial charge is 0.438 e. The van der Waals surface area contributed by atoms with Crippen LogP contribution in [0.15, 0.2) is 72.9 Å². The molecule has 3 nitrogen and oxygen atoms in total. The van der Waals surface area contributed by atoms with Gasteiger partial charge in [-0.05, 0) is 46.9 Å². The van der Waals surface area contributed by atoms with Crippen LogP contribution in [0.3, 0.4) is 0 Å². The van der Waals surface area contributed by atoms with Crippen LogP contribution < -0.4 is 4.74 Å². The summed E-state index contributed by atoms with van der Waals surface area (Å²) in [4.78, 5) is 16.8. The molecule has 0 aliphatic carbocycles. The minimum absolute atomic E-state index is 0.0667. The summed E-state index contributed by atoms with van der Waals surface area (Å²) in [6.45, 7) is 0. The number of aromatic nitrogens is 1. The molecule has 0 N–H and O–H groups in total. The van der Waals surface area contributed by atoms with E-state index in [-0.39, 0.29) is 5.78 Å². The molecule has 108 valence electrons. The molecule has 0 atom stereocenters. The van der Waals surface area contributed by atoms with Gasteiger partial charge in [-0.1, -0.05) is 36.4 Å². The van der Waals surface area contributed by atoms with Gasteiger partial charge in [0.05, 0.1) is 5.56 Å². The van der Waals surface area contributed by atoms with Gasteiger partial charge in [-0.3, -0.25) is 4.79 Å². The quantitative estimate of drug-likeness (QED) is 0.470. The predicted octanol–water partition coefficient (Wildman–Crippen LogP) is 4.71. The van der Waals surface area contributed by atoms with Gasteiger partial charge in [0.1, 0.15) is 5.75 Å². The van der Waals surface area contributed by atoms with Crippen molar-refractivity contribution < 1.29 is 9.53 Å². The van der Waals surface area contributed by atoms with Gasteiger partial charge in [-0.2, -0.15) is 0 Å². The van der Waals surface area contributed by atoms with E-state index in [4.69, 9.17) is 4.74 Å². The number of nitrogens with zero attached hydrogens (tertiary/aromatic N) is 1. The first kappa shape index (κ1) is 14.7. The van der Waals surface area contributed by atoms with Gasteiger partial charge in [0.15, 0.2) is 5.78 Å². The summed E-state index contributed by atoms with van der Waals surface area (Å²) in [6, 6.07) is 20.1. The van der Waals surface area contributed by atoms with E-state index in [1.54, 1.807) is 30.5 Å². The van der Waals surface area contributed by atoms with E-state index in [0.29, 0.717) is 22.8 Å². The number of hydrogen-bond acceptors (Lipinski definition) is 3. The molecule has 0 amide bonds. The van der Waals surface area contributed by atoms with Crippen LogP contribution in [0.1, 0.15) is 15.9 Å². The molecule has 0 fully saturated rings. The van der Waals surface area contributed by atoms with Crippen molar-refractivity contribution in [3.63, 3.8) is 0 Å². The number of ether oxygens (including phenoxy) is 1. The molecule has 0 aliphatic rings. The standard InChI is InChI=1S/C18H12INO2/c19-14-9-10-15(18(21)13-6-2-1-3-7-13)16(12-14)22-17-8-4-5-11-20-17/h1-12H. The lowest BCUT2D eigenvalue weighted by Crippen LogP contribution is -2.04. The Morgan fingerprint density at radius 1 is 0.955 bits per heavy atom. The van der Waals surface area contributed by atoms with Crippen LogP contribution in [-0.4, -0.2) is 10.8 Å². The number of ketones is 1. The lowest BCUT2D eigenvalue weighted by molar-refractivity contribution is 0.103. The Balaban J connectivity index is 1.99. The Bertz CT molecular complexity index is 789. The lowest BCUT2D eigenvalue weighted by atomic mass is 10.0. The molecular formula is C18H12INO2. The zero-order valence-corrected chi connectivity index (χ0v) is 13.7. The number of rotatable bonds is 4. The Labute approximate surface area is 142 Å². The molecule has 3 rings (SSSR count). The van der Waals surface area contributed by atoms with Crippen LogP contribution in [0, 0.1) is 3.57 Å². The van der Waals surface area contributed by atoms with Crippen LogP contribution in [0.5, 0.6) is 11.6 Å². The molecule has 0 spiro atoms. The number of carbonyl (C=O) groups excluding carboxylic acids is 1. The molecule has 22 heavy (non-hydrogen) atoms. The molecule has 3 aromatic rings. The first-order valence-corrected chi connectivity index (χ1v) is 7.80. The Morgan fingerprint density at radius 3 is 2.45 bits per heavy atom. The number of pyridine rings is 1. The van der Waals surface area contributed by atoms with Crippen LogP contribution in [0.2, 0.25) is 0 Å². The second-order valence-corrected chi connectivity index (χ2v) is 5.85. The summed E-state index contributed by atoms with van der Waals surface area (Å²) in [6.07, 6.45) is 1.65. The van der Waals surface area contributed by atoms with Crippen molar-refractivity contribution in [3.05, 3.63) is 87.6 Å². The maximum Gasteiger partial charge on any atom is 0.219 e. The van der Waals surface area contributed by atoms with Crippen molar-refractivity contribution in [1.29, 1.82) is 0 Å². The maximum absolute atomic E-state index is 12.7. The zero-order valence-electron chi connectivity index (χ0n) is 11.6. The first-order valence-electron chi connectivity index (χ1n) is 6.72. The Hall–Kier alpha value is -2.21. The molecule has 0 saturated carbocycles. The highest BCUT2D eigenvalue weighted by molar-refractivity contribution is 14.1. The van der Waals surface area contributed by atoms with E-state index in [0.717, 1.165) is 3.57 Å². The SMILES string of the molecule is O=C(c1ccccc1)c1ccc(I)cc1Oc1ccccn1. The van der Waals surface area contributed by atoms with Gasteiger partial charge in [0, 0.05) is 21.4 Å². The first-order chi connectivity index (χ1) is 10.7. The smallest absolute Gasteiger partial charge is 0.219 e. The predicted molar refractivity (Wildman–Crippen MR) is 93.3 cm³/mol. The van der Waals surface area contributed by atoms with E-state index < -0.39 is 0 Å². The summed E-state index contributed by atoms with van der Waals surface area (Å²) < 4.78 is 6.79. The average Bonchev–Trinajstić information content (AvgIpc) is 2.56. The van der Waals surface area contributed by atoms with Gasteiger partial charge in [0.2, 0.25) is 5.88 Å². The number of carbonyl (C=O) groups is 1. The van der Waals surface area contributed by atoms with Gasteiger partial charge in [-0.15, -0.1) is 0 Å². The fourth-order valence-corrected chi connectivity index (χ4v) is 2.50. The molecule has 0 saturated heterocycles. The van der Waals surface area contributed by atoms with Gasteiger partial charge < -0.3 is 4.74 Å². The van der Waals surface area contributed by atoms with Gasteiger partial charge >= 0.3 is 0 Å². The van der Waals surface area contributed by atoms with Crippen LogP contribution >= 0.6 is 22.6 Å². The third-order valence-electron chi connectivity index (χ3n) is 3.08. The van der Waals surface area contributed by atoms with Crippen molar-refractivity contribution in [1.82, 2.24) is 4.98 Å². The Kier molecular flexibility index (Phi) is 4.48. The van der Waals surface area contributed by atoms with Gasteiger partial charge in [0.25, 0.3) is 0 Å². The fourth-order valence-electron chi connectivity index (χ4n) is 2.03. The minimum atomic E-state index is -0.0667. The molecule has 2 aromatic carbocycles. The normalized spacial score (nSPS) is 10.2. The van der Waals surface area contributed by atoms with Crippen molar-refractivity contribution >= 4 is 28.4 Å². The third kappa shape index (κ3) is 3.33. The van der Waals surface area contributed by atoms with Crippen LogP contribution in [-0.2, 0) is 0 Å². The Morgan fingerprint density at radius 2 is 1.73 bits per heavy atom. The van der Waals surface area contributed by atoms with E-state index in [9.17, 15) is 4.79 Å². The molecule has 1 heterocycles. The molecule has 0 aliphatic heterocycles. The highest BCUT2D eigenvalue weighted by Crippen LogP contribution is 2.28. The van der Waals surface area contributed by atoms with E-state index >= 15 is 0 Å². The van der Waals surface area contributed by atoms with Crippen LogP contribution in [0.25, 0.3) is 0 Å². The number of hydrogen-bond donors (Lipinski definition) is 0. The van der Waals surface area contributed by atoms with Crippen molar-refractivity contribution in [2.45, 2.75) is 0 Å². The molecule has 0 bridgehead atoms. The lowest BCUT2D eigenvalue weighted by Gasteiger charge is -2.10. The average molecular weight is 401 g/mol. The topological polar surface area (TPSA) is 39.2 Å². The van der Waals surface area contributed by atoms with Gasteiger partial charge in [-0.25, -0.2) is 4.98 Å². The molecule has 0 unspecified atom stereocenters. The highest BCUT2D eigenvalue weighted by Gasteiger charge is 2.15. The second kappa shape index (κ2) is 6.70. The summed E-state index contributed by atoms with van der Waals surface area (Å²) >= 11 is 2.19. The molecular weight excluding hydrogens is 389 g/mol. The number of benzene rings is 2. The fraction of sp³-hybridized carbons (Fsp3) is 0. The summed E-state index contributed by atoms with van der Waals surface area (Å²) in [5, 5.41) is 0. The van der Waals surface area contributed by atoms with Crippen LogP contribution in [0.4, 0.5) is 0 Å². The molecule has 1 aromatic heterocycles. The summed E-state index contributed by atoms with van der Waals surface area (Å²) in [7, 11) is 0. The minimum Gasteiger partial charge on any atom is -0.438 e. The van der Waals surface area contributed by atoms with E-state index in [2.05, 4.69) is 27.6 Å². The monoisotopic (exact) mass is 401 g/mol. The number of halogens is 1. The molecule has 0 radical (unpaired) electrons. The van der Waals surface area contributed by atoms with Crippen molar-refractivity contribution in [2.75, 3.05) is 0 Å². The highest BCUT2D eigenvalue weighted by atomic mass is 127. The third-order valence-corrected chi connectivity index (χ3v) is 3.75. The second-order valence-electron chi connectivity index (χ2n) is 4.61. The maximum atomic E-state index is 12.7. The zero-order chi connectivity index (χ0) is 15.4. The van der Waals surface area contributed by atoms with Crippen molar-refractivity contribution in [2.24, 2.45) is 0 Å². The van der Waals surface area contributed by atoms with E-state index in [1.807, 2.05) is 42.5 Å². The van der Waals surface area contributed by atoms with Crippen molar-refractivity contribution in [3.8, 4) is 11.6 Å².